The average Bonchev–Trinajstić information content (AvgIpc) is 3.13. The van der Waals surface area contributed by atoms with Gasteiger partial charge in [0.2, 0.25) is 5.91 Å². The number of carbonyl (C=O) groups is 2. The van der Waals surface area contributed by atoms with Gasteiger partial charge in [0.25, 0.3) is 0 Å². The minimum Gasteiger partial charge on any atom is -0.335 e. The lowest BCUT2D eigenvalue weighted by atomic mass is 9.99. The van der Waals surface area contributed by atoms with Crippen molar-refractivity contribution in [3.8, 4) is 6.07 Å². The Balaban J connectivity index is 1.64. The Bertz CT molecular complexity index is 365. The number of imide groups is 1. The molecule has 6 nitrogen and oxygen atoms in total. The standard InChI is InChI=1S/C12H18N4O2/c13-7-9-3-5-16(6-4-9)8-11(17)15-12(18)14-10-1-2-10/h9-10H,1-6,8H2,(H2,14,15,17,18). The number of hydrogen-bond donors (Lipinski definition) is 2. The lowest BCUT2D eigenvalue weighted by Crippen LogP contribution is -2.46. The Labute approximate surface area is 106 Å². The van der Waals surface area contributed by atoms with E-state index in [4.69, 9.17) is 5.26 Å². The van der Waals surface area contributed by atoms with E-state index in [0.29, 0.717) is 0 Å². The summed E-state index contributed by atoms with van der Waals surface area (Å²) in [6.07, 6.45) is 3.61. The molecule has 0 spiro atoms. The number of nitrogens with one attached hydrogen (secondary N) is 2. The molecule has 1 saturated heterocycles. The summed E-state index contributed by atoms with van der Waals surface area (Å²) in [6, 6.07) is 2.11. The van der Waals surface area contributed by atoms with Gasteiger partial charge >= 0.3 is 6.03 Å². The van der Waals surface area contributed by atoms with Crippen LogP contribution in [0.1, 0.15) is 25.7 Å². The van der Waals surface area contributed by atoms with Crippen LogP contribution >= 0.6 is 0 Å². The molecule has 0 bridgehead atoms. The number of amides is 3. The Morgan fingerprint density at radius 1 is 1.22 bits per heavy atom. The number of urea groups is 1. The number of rotatable bonds is 3. The highest BCUT2D eigenvalue weighted by Gasteiger charge is 2.25. The number of likely N-dealkylation sites (tertiary alicyclic amines) is 1. The SMILES string of the molecule is N#CC1CCN(CC(=O)NC(=O)NC2CC2)CC1. The first kappa shape index (κ1) is 12.8. The van der Waals surface area contributed by atoms with Crippen LogP contribution in [0.15, 0.2) is 0 Å². The second kappa shape index (κ2) is 5.83. The smallest absolute Gasteiger partial charge is 0.321 e. The highest BCUT2D eigenvalue weighted by molar-refractivity contribution is 5.95. The molecule has 2 rings (SSSR count). The fraction of sp³-hybridized carbons (Fsp3) is 0.750. The van der Waals surface area contributed by atoms with Gasteiger partial charge in [-0.2, -0.15) is 5.26 Å². The largest absolute Gasteiger partial charge is 0.335 e. The molecule has 2 fully saturated rings. The average molecular weight is 250 g/mol. The fourth-order valence-electron chi connectivity index (χ4n) is 2.04. The van der Waals surface area contributed by atoms with E-state index in [1.54, 1.807) is 0 Å². The van der Waals surface area contributed by atoms with Crippen LogP contribution in [0.3, 0.4) is 0 Å². The van der Waals surface area contributed by atoms with Crippen LogP contribution in [0, 0.1) is 17.2 Å². The van der Waals surface area contributed by atoms with E-state index >= 15 is 0 Å². The normalized spacial score (nSPS) is 21.1. The summed E-state index contributed by atoms with van der Waals surface area (Å²) in [6.45, 7) is 1.72. The van der Waals surface area contributed by atoms with Crippen molar-refractivity contribution >= 4 is 11.9 Å². The third kappa shape index (κ3) is 4.00. The molecule has 0 unspecified atom stereocenters. The molecule has 3 amide bonds. The van der Waals surface area contributed by atoms with Gasteiger partial charge in [-0.15, -0.1) is 0 Å². The van der Waals surface area contributed by atoms with Crippen LogP contribution < -0.4 is 10.6 Å². The van der Waals surface area contributed by atoms with Crippen molar-refractivity contribution in [2.75, 3.05) is 19.6 Å². The van der Waals surface area contributed by atoms with Gasteiger partial charge in [-0.25, -0.2) is 4.79 Å². The van der Waals surface area contributed by atoms with Gasteiger partial charge in [0.15, 0.2) is 0 Å². The summed E-state index contributed by atoms with van der Waals surface area (Å²) in [5, 5.41) is 13.8. The van der Waals surface area contributed by atoms with Crippen LogP contribution in [0.5, 0.6) is 0 Å². The molecule has 2 N–H and O–H groups in total. The summed E-state index contributed by atoms with van der Waals surface area (Å²) in [4.78, 5) is 24.9. The van der Waals surface area contributed by atoms with Crippen molar-refractivity contribution in [3.63, 3.8) is 0 Å². The minimum absolute atomic E-state index is 0.113. The minimum atomic E-state index is -0.394. The Hall–Kier alpha value is -1.61. The van der Waals surface area contributed by atoms with Gasteiger partial charge in [-0.05, 0) is 38.8 Å². The topological polar surface area (TPSA) is 85.2 Å². The maximum absolute atomic E-state index is 11.6. The predicted molar refractivity (Wildman–Crippen MR) is 64.5 cm³/mol. The molecule has 0 atom stereocenters. The monoisotopic (exact) mass is 250 g/mol. The number of nitriles is 1. The van der Waals surface area contributed by atoms with E-state index in [1.807, 2.05) is 4.90 Å². The maximum atomic E-state index is 11.6. The molecule has 2 aliphatic rings. The summed E-state index contributed by atoms with van der Waals surface area (Å²) >= 11 is 0. The molecule has 0 aromatic rings. The van der Waals surface area contributed by atoms with Crippen molar-refractivity contribution in [2.24, 2.45) is 5.92 Å². The van der Waals surface area contributed by atoms with E-state index in [0.717, 1.165) is 38.8 Å². The van der Waals surface area contributed by atoms with Crippen molar-refractivity contribution in [1.82, 2.24) is 15.5 Å². The molecular formula is C12H18N4O2. The van der Waals surface area contributed by atoms with Gasteiger partial charge in [0, 0.05) is 12.0 Å². The van der Waals surface area contributed by atoms with Crippen LogP contribution in [0.25, 0.3) is 0 Å². The molecule has 0 aromatic heterocycles. The first-order valence-electron chi connectivity index (χ1n) is 6.39. The van der Waals surface area contributed by atoms with E-state index in [1.165, 1.54) is 0 Å². The van der Waals surface area contributed by atoms with Gasteiger partial charge in [-0.3, -0.25) is 15.0 Å². The van der Waals surface area contributed by atoms with Gasteiger partial charge in [0.05, 0.1) is 12.6 Å². The summed E-state index contributed by atoms with van der Waals surface area (Å²) in [5.74, 6) is -0.161. The molecule has 1 aliphatic carbocycles. The Morgan fingerprint density at radius 2 is 1.89 bits per heavy atom. The molecule has 0 aromatic carbocycles. The number of nitrogens with zero attached hydrogens (tertiary/aromatic N) is 2. The van der Waals surface area contributed by atoms with Crippen molar-refractivity contribution in [2.45, 2.75) is 31.7 Å². The van der Waals surface area contributed by atoms with Crippen LogP contribution in [-0.4, -0.2) is 42.5 Å². The van der Waals surface area contributed by atoms with Crippen LogP contribution in [0.2, 0.25) is 0 Å². The Morgan fingerprint density at radius 3 is 2.44 bits per heavy atom. The number of piperidine rings is 1. The number of hydrogen-bond acceptors (Lipinski definition) is 4. The molecular weight excluding hydrogens is 232 g/mol. The van der Waals surface area contributed by atoms with E-state index in [2.05, 4.69) is 16.7 Å². The molecule has 1 heterocycles. The second-order valence-corrected chi connectivity index (χ2v) is 4.98. The van der Waals surface area contributed by atoms with Crippen molar-refractivity contribution in [1.29, 1.82) is 5.26 Å². The third-order valence-corrected chi connectivity index (χ3v) is 3.30. The zero-order valence-corrected chi connectivity index (χ0v) is 10.3. The Kier molecular flexibility index (Phi) is 4.15. The summed E-state index contributed by atoms with van der Waals surface area (Å²) in [5.41, 5.74) is 0. The first-order chi connectivity index (χ1) is 8.67. The second-order valence-electron chi connectivity index (χ2n) is 4.98. The molecule has 0 radical (unpaired) electrons. The summed E-state index contributed by atoms with van der Waals surface area (Å²) < 4.78 is 0. The molecule has 6 heteroatoms. The zero-order chi connectivity index (χ0) is 13.0. The van der Waals surface area contributed by atoms with Gasteiger partial charge < -0.3 is 5.32 Å². The third-order valence-electron chi connectivity index (χ3n) is 3.30. The van der Waals surface area contributed by atoms with Gasteiger partial charge in [0.1, 0.15) is 0 Å². The first-order valence-corrected chi connectivity index (χ1v) is 6.39. The van der Waals surface area contributed by atoms with E-state index in [9.17, 15) is 9.59 Å². The fourth-order valence-corrected chi connectivity index (χ4v) is 2.04. The maximum Gasteiger partial charge on any atom is 0.321 e. The quantitative estimate of drug-likeness (QED) is 0.750. The molecule has 1 aliphatic heterocycles. The van der Waals surface area contributed by atoms with Crippen LogP contribution in [-0.2, 0) is 4.79 Å². The number of carbonyl (C=O) groups excluding carboxylic acids is 2. The highest BCUT2D eigenvalue weighted by atomic mass is 16.2. The molecule has 18 heavy (non-hydrogen) atoms. The van der Waals surface area contributed by atoms with Gasteiger partial charge in [-0.1, -0.05) is 0 Å². The molecule has 1 saturated carbocycles. The predicted octanol–water partition coefficient (Wildman–Crippen LogP) is 0.210. The van der Waals surface area contributed by atoms with Crippen molar-refractivity contribution in [3.05, 3.63) is 0 Å². The lowest BCUT2D eigenvalue weighted by Gasteiger charge is -2.28. The summed E-state index contributed by atoms with van der Waals surface area (Å²) in [7, 11) is 0. The molecule has 98 valence electrons. The van der Waals surface area contributed by atoms with Crippen molar-refractivity contribution < 1.29 is 9.59 Å². The van der Waals surface area contributed by atoms with E-state index < -0.39 is 6.03 Å². The highest BCUT2D eigenvalue weighted by Crippen LogP contribution is 2.18. The zero-order valence-electron chi connectivity index (χ0n) is 10.3. The lowest BCUT2D eigenvalue weighted by molar-refractivity contribution is -0.121. The van der Waals surface area contributed by atoms with Crippen LogP contribution in [0.4, 0.5) is 4.79 Å². The van der Waals surface area contributed by atoms with E-state index in [-0.39, 0.29) is 24.4 Å².